The van der Waals surface area contributed by atoms with Crippen LogP contribution in [0.3, 0.4) is 0 Å². The maximum absolute atomic E-state index is 13.1. The molecule has 0 radical (unpaired) electrons. The number of carbonyl (C=O) groups excluding carboxylic acids is 1. The third-order valence-electron chi connectivity index (χ3n) is 2.77. The normalized spacial score (nSPS) is 11.6. The molecule has 2 aromatic rings. The summed E-state index contributed by atoms with van der Waals surface area (Å²) >= 11 is 1.48. The number of Topliss-reactive ketones (excluding diaryl/α,β-unsaturated/α-hetero) is 1. The van der Waals surface area contributed by atoms with Gasteiger partial charge in [-0.1, -0.05) is 6.07 Å². The van der Waals surface area contributed by atoms with Gasteiger partial charge < -0.3 is 0 Å². The number of ketones is 1. The highest BCUT2D eigenvalue weighted by Gasteiger charge is 2.34. The zero-order valence-corrected chi connectivity index (χ0v) is 11.0. The number of carbonyl (C=O) groups is 1. The van der Waals surface area contributed by atoms with Crippen LogP contribution in [-0.4, -0.2) is 5.78 Å². The highest BCUT2D eigenvalue weighted by molar-refractivity contribution is 7.09. The van der Waals surface area contributed by atoms with E-state index in [0.717, 1.165) is 10.9 Å². The van der Waals surface area contributed by atoms with E-state index in [2.05, 4.69) is 0 Å². The fraction of sp³-hybridized carbons (Fsp3) is 0.214. The maximum atomic E-state index is 13.1. The number of hydrogen-bond acceptors (Lipinski definition) is 2. The number of hydrogen-bond donors (Lipinski definition) is 0. The van der Waals surface area contributed by atoms with E-state index >= 15 is 0 Å². The van der Waals surface area contributed by atoms with Crippen molar-refractivity contribution in [3.8, 4) is 0 Å². The molecule has 106 valence electrons. The molecule has 0 fully saturated rings. The van der Waals surface area contributed by atoms with E-state index in [9.17, 15) is 22.4 Å². The molecule has 0 saturated heterocycles. The van der Waals surface area contributed by atoms with Crippen LogP contribution in [0.4, 0.5) is 17.6 Å². The number of alkyl halides is 3. The molecule has 0 saturated carbocycles. The first-order valence-corrected chi connectivity index (χ1v) is 6.68. The molecule has 0 aliphatic carbocycles. The molecule has 0 unspecified atom stereocenters. The minimum absolute atomic E-state index is 0.101. The van der Waals surface area contributed by atoms with Crippen LogP contribution < -0.4 is 0 Å². The second kappa shape index (κ2) is 5.75. The molecule has 0 aliphatic heterocycles. The zero-order chi connectivity index (χ0) is 14.8. The van der Waals surface area contributed by atoms with Crippen molar-refractivity contribution >= 4 is 17.1 Å². The Balaban J connectivity index is 2.14. The summed E-state index contributed by atoms with van der Waals surface area (Å²) in [5.74, 6) is -1.80. The van der Waals surface area contributed by atoms with Gasteiger partial charge in [-0.25, -0.2) is 4.39 Å². The lowest BCUT2D eigenvalue weighted by atomic mass is 10.0. The molecule has 0 aliphatic rings. The van der Waals surface area contributed by atoms with E-state index in [-0.39, 0.29) is 12.0 Å². The van der Waals surface area contributed by atoms with Crippen LogP contribution in [0, 0.1) is 5.82 Å². The van der Waals surface area contributed by atoms with Gasteiger partial charge >= 0.3 is 6.18 Å². The molecule has 1 aromatic carbocycles. The molecular weight excluding hydrogens is 292 g/mol. The molecule has 0 bridgehead atoms. The Hall–Kier alpha value is -1.69. The third-order valence-corrected chi connectivity index (χ3v) is 3.71. The lowest BCUT2D eigenvalue weighted by Crippen LogP contribution is -2.10. The van der Waals surface area contributed by atoms with Crippen LogP contribution >= 0.6 is 11.3 Å². The van der Waals surface area contributed by atoms with E-state index in [4.69, 9.17) is 0 Å². The van der Waals surface area contributed by atoms with Gasteiger partial charge in [0.1, 0.15) is 5.82 Å². The summed E-state index contributed by atoms with van der Waals surface area (Å²) in [6, 6.07) is 6.03. The van der Waals surface area contributed by atoms with E-state index in [1.807, 2.05) is 17.5 Å². The lowest BCUT2D eigenvalue weighted by molar-refractivity contribution is -0.140. The van der Waals surface area contributed by atoms with Crippen LogP contribution in [0.2, 0.25) is 0 Å². The van der Waals surface area contributed by atoms with Gasteiger partial charge in [0.05, 0.1) is 5.56 Å². The zero-order valence-electron chi connectivity index (χ0n) is 10.2. The first-order valence-electron chi connectivity index (χ1n) is 5.80. The van der Waals surface area contributed by atoms with Crippen molar-refractivity contribution < 1.29 is 22.4 Å². The lowest BCUT2D eigenvalue weighted by Gasteiger charge is -2.09. The Morgan fingerprint density at radius 1 is 1.20 bits per heavy atom. The van der Waals surface area contributed by atoms with Gasteiger partial charge in [0, 0.05) is 16.9 Å². The van der Waals surface area contributed by atoms with Crippen LogP contribution in [0.5, 0.6) is 0 Å². The fourth-order valence-corrected chi connectivity index (χ4v) is 2.46. The Labute approximate surface area is 116 Å². The minimum atomic E-state index is -4.80. The summed E-state index contributed by atoms with van der Waals surface area (Å²) in [5.41, 5.74) is -1.52. The average molecular weight is 302 g/mol. The molecule has 0 N–H and O–H groups in total. The second-order valence-electron chi connectivity index (χ2n) is 4.19. The van der Waals surface area contributed by atoms with Crippen LogP contribution in [0.15, 0.2) is 35.7 Å². The molecule has 6 heteroatoms. The van der Waals surface area contributed by atoms with Crippen molar-refractivity contribution in [3.05, 3.63) is 57.5 Å². The fourth-order valence-electron chi connectivity index (χ4n) is 1.75. The third kappa shape index (κ3) is 3.45. The van der Waals surface area contributed by atoms with Crippen molar-refractivity contribution in [3.63, 3.8) is 0 Å². The SMILES string of the molecule is O=C(CCc1cccs1)c1ccc(F)c(C(F)(F)F)c1. The topological polar surface area (TPSA) is 17.1 Å². The van der Waals surface area contributed by atoms with Gasteiger partial charge in [0.2, 0.25) is 0 Å². The standard InChI is InChI=1S/C14H10F4OS/c15-12-5-3-9(8-11(12)14(16,17)18)13(19)6-4-10-2-1-7-20-10/h1-3,5,7-8H,4,6H2. The van der Waals surface area contributed by atoms with Gasteiger partial charge in [-0.15, -0.1) is 11.3 Å². The largest absolute Gasteiger partial charge is 0.419 e. The Morgan fingerprint density at radius 3 is 2.55 bits per heavy atom. The molecule has 2 rings (SSSR count). The first kappa shape index (κ1) is 14.7. The van der Waals surface area contributed by atoms with Gasteiger partial charge in [0.25, 0.3) is 0 Å². The molecule has 20 heavy (non-hydrogen) atoms. The van der Waals surface area contributed by atoms with Crippen molar-refractivity contribution in [2.24, 2.45) is 0 Å². The van der Waals surface area contributed by atoms with E-state index < -0.39 is 23.3 Å². The summed E-state index contributed by atoms with van der Waals surface area (Å²) in [6.45, 7) is 0. The minimum Gasteiger partial charge on any atom is -0.294 e. The number of halogens is 4. The quantitative estimate of drug-likeness (QED) is 0.590. The van der Waals surface area contributed by atoms with E-state index in [1.54, 1.807) is 0 Å². The predicted molar refractivity (Wildman–Crippen MR) is 68.4 cm³/mol. The number of rotatable bonds is 4. The molecule has 1 nitrogen and oxygen atoms in total. The summed E-state index contributed by atoms with van der Waals surface area (Å²) < 4.78 is 50.8. The van der Waals surface area contributed by atoms with Crippen LogP contribution in [0.1, 0.15) is 27.2 Å². The summed E-state index contributed by atoms with van der Waals surface area (Å²) in [4.78, 5) is 12.8. The van der Waals surface area contributed by atoms with Gasteiger partial charge in [0.15, 0.2) is 5.78 Å². The molecule has 0 atom stereocenters. The molecule has 1 aromatic heterocycles. The molecule has 0 amide bonds. The van der Waals surface area contributed by atoms with Gasteiger partial charge in [-0.2, -0.15) is 13.2 Å². The average Bonchev–Trinajstić information content (AvgIpc) is 2.88. The number of thiophene rings is 1. The van der Waals surface area contributed by atoms with Gasteiger partial charge in [-0.05, 0) is 36.1 Å². The molecule has 0 spiro atoms. The summed E-state index contributed by atoms with van der Waals surface area (Å²) in [7, 11) is 0. The molecular formula is C14H10F4OS. The Kier molecular flexibility index (Phi) is 4.23. The van der Waals surface area contributed by atoms with Crippen LogP contribution in [0.25, 0.3) is 0 Å². The van der Waals surface area contributed by atoms with Crippen molar-refractivity contribution in [1.82, 2.24) is 0 Å². The predicted octanol–water partition coefficient (Wildman–Crippen LogP) is 4.72. The second-order valence-corrected chi connectivity index (χ2v) is 5.23. The van der Waals surface area contributed by atoms with Crippen LogP contribution in [-0.2, 0) is 12.6 Å². The number of aryl methyl sites for hydroxylation is 1. The summed E-state index contributed by atoms with van der Waals surface area (Å²) in [5, 5.41) is 1.86. The highest BCUT2D eigenvalue weighted by atomic mass is 32.1. The molecule has 1 heterocycles. The van der Waals surface area contributed by atoms with Crippen molar-refractivity contribution in [1.29, 1.82) is 0 Å². The van der Waals surface area contributed by atoms with Gasteiger partial charge in [-0.3, -0.25) is 4.79 Å². The van der Waals surface area contributed by atoms with E-state index in [1.165, 1.54) is 11.3 Å². The highest BCUT2D eigenvalue weighted by Crippen LogP contribution is 2.32. The Bertz CT molecular complexity index is 602. The summed E-state index contributed by atoms with van der Waals surface area (Å²) in [6.07, 6.45) is -4.23. The number of benzene rings is 1. The maximum Gasteiger partial charge on any atom is 0.419 e. The first-order chi connectivity index (χ1) is 9.38. The Morgan fingerprint density at radius 2 is 1.95 bits per heavy atom. The van der Waals surface area contributed by atoms with Crippen molar-refractivity contribution in [2.45, 2.75) is 19.0 Å². The monoisotopic (exact) mass is 302 g/mol. The van der Waals surface area contributed by atoms with E-state index in [0.29, 0.717) is 18.6 Å². The van der Waals surface area contributed by atoms with Crippen molar-refractivity contribution in [2.75, 3.05) is 0 Å². The smallest absolute Gasteiger partial charge is 0.294 e.